The zero-order valence-electron chi connectivity index (χ0n) is 11.6. The van der Waals surface area contributed by atoms with Crippen molar-refractivity contribution in [2.45, 2.75) is 39.3 Å². The van der Waals surface area contributed by atoms with Gasteiger partial charge in [-0.05, 0) is 62.4 Å². The molecule has 1 rings (SSSR count). The van der Waals surface area contributed by atoms with E-state index in [0.717, 1.165) is 3.57 Å². The second-order valence-corrected chi connectivity index (χ2v) is 6.58. The Kier molecular flexibility index (Phi) is 5.34. The molecule has 1 aromatic carbocycles. The lowest BCUT2D eigenvalue weighted by atomic mass is 10.1. The van der Waals surface area contributed by atoms with Crippen molar-refractivity contribution >= 4 is 34.4 Å². The summed E-state index contributed by atoms with van der Waals surface area (Å²) in [5.74, 6) is -0.423. The van der Waals surface area contributed by atoms with Crippen LogP contribution in [0.25, 0.3) is 0 Å². The van der Waals surface area contributed by atoms with Gasteiger partial charge in [0.25, 0.3) is 5.91 Å². The molecule has 0 aromatic heterocycles. The molecule has 19 heavy (non-hydrogen) atoms. The summed E-state index contributed by atoms with van der Waals surface area (Å²) < 4.78 is 0.862. The molecule has 0 heterocycles. The van der Waals surface area contributed by atoms with Crippen LogP contribution >= 0.6 is 22.6 Å². The summed E-state index contributed by atoms with van der Waals surface area (Å²) in [5.41, 5.74) is 0.274. The summed E-state index contributed by atoms with van der Waals surface area (Å²) in [4.78, 5) is 23.9. The van der Waals surface area contributed by atoms with Gasteiger partial charge in [0.1, 0.15) is 6.04 Å². The maximum Gasteiger partial charge on any atom is 0.252 e. The van der Waals surface area contributed by atoms with Gasteiger partial charge in [-0.3, -0.25) is 9.59 Å². The molecule has 0 aliphatic carbocycles. The summed E-state index contributed by atoms with van der Waals surface area (Å²) in [6.45, 7) is 7.38. The smallest absolute Gasteiger partial charge is 0.252 e. The number of hydrogen-bond acceptors (Lipinski definition) is 2. The number of benzene rings is 1. The van der Waals surface area contributed by atoms with Crippen molar-refractivity contribution < 1.29 is 9.59 Å². The predicted octanol–water partition coefficient (Wildman–Crippen LogP) is 2.32. The Bertz CT molecular complexity index is 481. The molecule has 0 radical (unpaired) electrons. The van der Waals surface area contributed by atoms with Gasteiger partial charge in [-0.15, -0.1) is 0 Å². The van der Waals surface area contributed by atoms with Gasteiger partial charge < -0.3 is 10.6 Å². The van der Waals surface area contributed by atoms with E-state index in [1.54, 1.807) is 19.1 Å². The van der Waals surface area contributed by atoms with Gasteiger partial charge in [-0.2, -0.15) is 0 Å². The van der Waals surface area contributed by atoms with E-state index < -0.39 is 6.04 Å². The molecule has 0 saturated carbocycles. The Morgan fingerprint density at radius 2 is 1.79 bits per heavy atom. The molecule has 2 N–H and O–H groups in total. The fourth-order valence-corrected chi connectivity index (χ4v) is 2.10. The Balaban J connectivity index is 2.67. The van der Waals surface area contributed by atoms with Crippen molar-refractivity contribution in [2.24, 2.45) is 0 Å². The molecule has 4 nitrogen and oxygen atoms in total. The van der Waals surface area contributed by atoms with Crippen molar-refractivity contribution in [1.82, 2.24) is 10.6 Å². The maximum absolute atomic E-state index is 12.1. The minimum atomic E-state index is -0.567. The van der Waals surface area contributed by atoms with Gasteiger partial charge in [0, 0.05) is 9.11 Å². The topological polar surface area (TPSA) is 58.2 Å². The second kappa shape index (κ2) is 6.36. The van der Waals surface area contributed by atoms with E-state index >= 15 is 0 Å². The van der Waals surface area contributed by atoms with Crippen molar-refractivity contribution in [2.75, 3.05) is 0 Å². The molecule has 2 amide bonds. The minimum absolute atomic E-state index is 0.188. The van der Waals surface area contributed by atoms with Crippen LogP contribution in [0.1, 0.15) is 38.1 Å². The molecular formula is C14H19IN2O2. The summed E-state index contributed by atoms with van der Waals surface area (Å²) in [7, 11) is 0. The van der Waals surface area contributed by atoms with Crippen LogP contribution in [0.2, 0.25) is 0 Å². The quantitative estimate of drug-likeness (QED) is 0.798. The number of halogens is 1. The number of amides is 2. The number of carbonyl (C=O) groups excluding carboxylic acids is 2. The van der Waals surface area contributed by atoms with Gasteiger partial charge in [-0.25, -0.2) is 0 Å². The number of hydrogen-bond donors (Lipinski definition) is 2. The van der Waals surface area contributed by atoms with E-state index in [4.69, 9.17) is 0 Å². The van der Waals surface area contributed by atoms with Crippen molar-refractivity contribution in [3.63, 3.8) is 0 Å². The number of carbonyl (C=O) groups is 2. The first-order chi connectivity index (χ1) is 8.70. The van der Waals surface area contributed by atoms with Crippen molar-refractivity contribution in [3.8, 4) is 0 Å². The molecule has 0 unspecified atom stereocenters. The van der Waals surface area contributed by atoms with Crippen LogP contribution in [0.3, 0.4) is 0 Å². The molecule has 5 heteroatoms. The normalized spacial score (nSPS) is 12.7. The third-order valence-electron chi connectivity index (χ3n) is 2.36. The highest BCUT2D eigenvalue weighted by atomic mass is 127. The molecule has 1 atom stereocenters. The standard InChI is InChI=1S/C14H19IN2O2/c1-9(12(18)17-14(2,3)4)16-13(19)10-7-5-6-8-11(10)15/h5-9H,1-4H3,(H,16,19)(H,17,18)/t9-/m1/s1. The third kappa shape index (κ3) is 5.18. The SMILES string of the molecule is C[C@@H](NC(=O)c1ccccc1I)C(=O)NC(C)(C)C. The van der Waals surface area contributed by atoms with Crippen molar-refractivity contribution in [1.29, 1.82) is 0 Å². The van der Waals surface area contributed by atoms with Gasteiger partial charge in [0.05, 0.1) is 5.56 Å². The van der Waals surface area contributed by atoms with Crippen LogP contribution in [0.4, 0.5) is 0 Å². The van der Waals surface area contributed by atoms with E-state index in [1.807, 2.05) is 32.9 Å². The van der Waals surface area contributed by atoms with Crippen LogP contribution in [0.5, 0.6) is 0 Å². The first-order valence-corrected chi connectivity index (χ1v) is 7.16. The predicted molar refractivity (Wildman–Crippen MR) is 84.0 cm³/mol. The number of nitrogens with one attached hydrogen (secondary N) is 2. The average Bonchev–Trinajstić information content (AvgIpc) is 2.27. The van der Waals surface area contributed by atoms with Gasteiger partial charge in [0.15, 0.2) is 0 Å². The number of rotatable bonds is 3. The van der Waals surface area contributed by atoms with Crippen LogP contribution in [-0.2, 0) is 4.79 Å². The molecule has 0 saturated heterocycles. The highest BCUT2D eigenvalue weighted by Crippen LogP contribution is 2.11. The fourth-order valence-electron chi connectivity index (χ4n) is 1.46. The van der Waals surface area contributed by atoms with Crippen LogP contribution < -0.4 is 10.6 Å². The Morgan fingerprint density at radius 3 is 2.32 bits per heavy atom. The monoisotopic (exact) mass is 374 g/mol. The molecule has 0 fully saturated rings. The molecule has 0 spiro atoms. The Hall–Kier alpha value is -1.11. The lowest BCUT2D eigenvalue weighted by Gasteiger charge is -2.23. The summed E-state index contributed by atoms with van der Waals surface area (Å²) >= 11 is 2.10. The summed E-state index contributed by atoms with van der Waals surface area (Å²) in [6, 6.07) is 6.70. The largest absolute Gasteiger partial charge is 0.350 e. The molecular weight excluding hydrogens is 355 g/mol. The third-order valence-corrected chi connectivity index (χ3v) is 3.30. The maximum atomic E-state index is 12.1. The first kappa shape index (κ1) is 15.9. The molecule has 0 aliphatic rings. The molecule has 104 valence electrons. The average molecular weight is 374 g/mol. The molecule has 0 bridgehead atoms. The van der Waals surface area contributed by atoms with E-state index in [2.05, 4.69) is 33.2 Å². The summed E-state index contributed by atoms with van der Waals surface area (Å²) in [5, 5.41) is 5.54. The van der Waals surface area contributed by atoms with Gasteiger partial charge >= 0.3 is 0 Å². The van der Waals surface area contributed by atoms with Gasteiger partial charge in [-0.1, -0.05) is 12.1 Å². The van der Waals surface area contributed by atoms with E-state index in [-0.39, 0.29) is 17.4 Å². The van der Waals surface area contributed by atoms with Gasteiger partial charge in [0.2, 0.25) is 5.91 Å². The Morgan fingerprint density at radius 1 is 1.21 bits per heavy atom. The second-order valence-electron chi connectivity index (χ2n) is 5.41. The van der Waals surface area contributed by atoms with E-state index in [0.29, 0.717) is 5.56 Å². The lowest BCUT2D eigenvalue weighted by Crippen LogP contribution is -2.50. The Labute approximate surface area is 127 Å². The van der Waals surface area contributed by atoms with Crippen LogP contribution in [0, 0.1) is 3.57 Å². The minimum Gasteiger partial charge on any atom is -0.350 e. The molecule has 0 aliphatic heterocycles. The zero-order valence-corrected chi connectivity index (χ0v) is 13.7. The fraction of sp³-hybridized carbons (Fsp3) is 0.429. The van der Waals surface area contributed by atoms with E-state index in [1.165, 1.54) is 0 Å². The first-order valence-electron chi connectivity index (χ1n) is 6.08. The van der Waals surface area contributed by atoms with Crippen molar-refractivity contribution in [3.05, 3.63) is 33.4 Å². The highest BCUT2D eigenvalue weighted by Gasteiger charge is 2.21. The van der Waals surface area contributed by atoms with Crippen LogP contribution in [-0.4, -0.2) is 23.4 Å². The van der Waals surface area contributed by atoms with Crippen LogP contribution in [0.15, 0.2) is 24.3 Å². The summed E-state index contributed by atoms with van der Waals surface area (Å²) in [6.07, 6.45) is 0. The molecule has 1 aromatic rings. The highest BCUT2D eigenvalue weighted by molar-refractivity contribution is 14.1. The lowest BCUT2D eigenvalue weighted by molar-refractivity contribution is -0.124. The zero-order chi connectivity index (χ0) is 14.6. The van der Waals surface area contributed by atoms with E-state index in [9.17, 15) is 9.59 Å².